The predicted octanol–water partition coefficient (Wildman–Crippen LogP) is 4.61. The Bertz CT molecular complexity index is 705. The molecule has 0 fully saturated rings. The molecule has 0 heterocycles. The van der Waals surface area contributed by atoms with Crippen LogP contribution in [-0.2, 0) is 0 Å². The summed E-state index contributed by atoms with van der Waals surface area (Å²) in [4.78, 5) is 11.7. The van der Waals surface area contributed by atoms with Gasteiger partial charge in [0.25, 0.3) is 0 Å². The van der Waals surface area contributed by atoms with Gasteiger partial charge in [0.1, 0.15) is 5.75 Å². The first-order valence-electron chi connectivity index (χ1n) is 6.86. The Morgan fingerprint density at radius 3 is 2.70 bits per heavy atom. The standard InChI is InChI=1S/C16H15BrIN3O2/c1-2-23-15-8-3-11(9-14(15)18)10-19-21-16(22)20-13-6-4-12(17)5-7-13/h3-10H,2H2,1H3,(H2,20,21,22)/b19-10+. The molecule has 2 rings (SSSR count). The average molecular weight is 488 g/mol. The summed E-state index contributed by atoms with van der Waals surface area (Å²) in [5.74, 6) is 0.839. The van der Waals surface area contributed by atoms with Crippen molar-refractivity contribution in [1.82, 2.24) is 5.43 Å². The van der Waals surface area contributed by atoms with E-state index in [0.717, 1.165) is 19.4 Å². The highest BCUT2D eigenvalue weighted by molar-refractivity contribution is 14.1. The molecule has 5 nitrogen and oxygen atoms in total. The number of anilines is 1. The largest absolute Gasteiger partial charge is 0.493 e. The lowest BCUT2D eigenvalue weighted by Gasteiger charge is -2.06. The number of amides is 2. The molecule has 2 aromatic carbocycles. The highest BCUT2D eigenvalue weighted by Crippen LogP contribution is 2.21. The van der Waals surface area contributed by atoms with Gasteiger partial charge in [0, 0.05) is 10.2 Å². The van der Waals surface area contributed by atoms with Gasteiger partial charge >= 0.3 is 6.03 Å². The van der Waals surface area contributed by atoms with Crippen molar-refractivity contribution in [2.45, 2.75) is 6.92 Å². The maximum Gasteiger partial charge on any atom is 0.339 e. The maximum absolute atomic E-state index is 11.7. The third-order valence-electron chi connectivity index (χ3n) is 2.74. The van der Waals surface area contributed by atoms with E-state index < -0.39 is 6.03 Å². The number of urea groups is 1. The van der Waals surface area contributed by atoms with Crippen LogP contribution in [0.5, 0.6) is 5.75 Å². The number of nitrogens with one attached hydrogen (secondary N) is 2. The Hall–Kier alpha value is -1.61. The quantitative estimate of drug-likeness (QED) is 0.367. The molecule has 0 spiro atoms. The van der Waals surface area contributed by atoms with Crippen molar-refractivity contribution in [3.8, 4) is 5.75 Å². The van der Waals surface area contributed by atoms with Gasteiger partial charge in [-0.25, -0.2) is 10.2 Å². The Kier molecular flexibility index (Phi) is 6.85. The van der Waals surface area contributed by atoms with E-state index in [0.29, 0.717) is 12.3 Å². The number of hydrogen-bond acceptors (Lipinski definition) is 3. The molecule has 2 N–H and O–H groups in total. The number of nitrogens with zero attached hydrogens (tertiary/aromatic N) is 1. The molecule has 0 bridgehead atoms. The molecule has 0 unspecified atom stereocenters. The van der Waals surface area contributed by atoms with Crippen LogP contribution in [0.1, 0.15) is 12.5 Å². The molecule has 0 saturated carbocycles. The van der Waals surface area contributed by atoms with E-state index in [-0.39, 0.29) is 0 Å². The number of hydrazone groups is 1. The van der Waals surface area contributed by atoms with E-state index in [4.69, 9.17) is 4.74 Å². The van der Waals surface area contributed by atoms with Crippen LogP contribution in [0, 0.1) is 3.57 Å². The molecule has 0 atom stereocenters. The van der Waals surface area contributed by atoms with Gasteiger partial charge in [-0.3, -0.25) is 0 Å². The molecular weight excluding hydrogens is 473 g/mol. The minimum atomic E-state index is -0.399. The third kappa shape index (κ3) is 5.83. The minimum Gasteiger partial charge on any atom is -0.493 e. The second kappa shape index (κ2) is 8.88. The van der Waals surface area contributed by atoms with E-state index in [1.807, 2.05) is 37.3 Å². The van der Waals surface area contributed by atoms with Gasteiger partial charge in [0.05, 0.1) is 16.4 Å². The van der Waals surface area contributed by atoms with Gasteiger partial charge in [0.2, 0.25) is 0 Å². The predicted molar refractivity (Wildman–Crippen MR) is 104 cm³/mol. The molecule has 0 aromatic heterocycles. The van der Waals surface area contributed by atoms with Crippen molar-refractivity contribution in [1.29, 1.82) is 0 Å². The smallest absolute Gasteiger partial charge is 0.339 e. The Morgan fingerprint density at radius 2 is 2.04 bits per heavy atom. The van der Waals surface area contributed by atoms with Crippen LogP contribution in [0.25, 0.3) is 0 Å². The van der Waals surface area contributed by atoms with Crippen molar-refractivity contribution in [2.75, 3.05) is 11.9 Å². The molecule has 0 aliphatic carbocycles. The zero-order chi connectivity index (χ0) is 16.7. The lowest BCUT2D eigenvalue weighted by Crippen LogP contribution is -2.24. The summed E-state index contributed by atoms with van der Waals surface area (Å²) in [5.41, 5.74) is 4.00. The molecule has 0 aliphatic rings. The first kappa shape index (κ1) is 17.7. The van der Waals surface area contributed by atoms with Crippen LogP contribution < -0.4 is 15.5 Å². The summed E-state index contributed by atoms with van der Waals surface area (Å²) >= 11 is 5.54. The molecular formula is C16H15BrIN3O2. The summed E-state index contributed by atoms with van der Waals surface area (Å²) in [6, 6.07) is 12.6. The van der Waals surface area contributed by atoms with Crippen molar-refractivity contribution in [3.05, 3.63) is 56.1 Å². The van der Waals surface area contributed by atoms with E-state index >= 15 is 0 Å². The highest BCUT2D eigenvalue weighted by Gasteiger charge is 2.02. The maximum atomic E-state index is 11.7. The number of ether oxygens (including phenoxy) is 1. The monoisotopic (exact) mass is 487 g/mol. The Balaban J connectivity index is 1.89. The second-order valence-electron chi connectivity index (χ2n) is 4.45. The summed E-state index contributed by atoms with van der Waals surface area (Å²) in [5, 5.41) is 6.62. The minimum absolute atomic E-state index is 0.399. The van der Waals surface area contributed by atoms with Crippen molar-refractivity contribution in [2.24, 2.45) is 5.10 Å². The normalized spacial score (nSPS) is 10.6. The van der Waals surface area contributed by atoms with Gasteiger partial charge in [-0.05, 0) is 77.5 Å². The molecule has 0 saturated heterocycles. The molecule has 7 heteroatoms. The molecule has 23 heavy (non-hydrogen) atoms. The molecule has 120 valence electrons. The summed E-state index contributed by atoms with van der Waals surface area (Å²) in [6.45, 7) is 2.57. The highest BCUT2D eigenvalue weighted by atomic mass is 127. The first-order chi connectivity index (χ1) is 11.1. The van der Waals surface area contributed by atoms with E-state index in [1.165, 1.54) is 0 Å². The van der Waals surface area contributed by atoms with Gasteiger partial charge in [-0.2, -0.15) is 5.10 Å². The van der Waals surface area contributed by atoms with Crippen LogP contribution in [0.2, 0.25) is 0 Å². The fraction of sp³-hybridized carbons (Fsp3) is 0.125. The number of carbonyl (C=O) groups is 1. The lowest BCUT2D eigenvalue weighted by molar-refractivity contribution is 0.252. The molecule has 0 aliphatic heterocycles. The van der Waals surface area contributed by atoms with Gasteiger partial charge in [-0.1, -0.05) is 15.9 Å². The van der Waals surface area contributed by atoms with E-state index in [1.54, 1.807) is 18.3 Å². The van der Waals surface area contributed by atoms with Crippen LogP contribution in [0.15, 0.2) is 52.0 Å². The summed E-state index contributed by atoms with van der Waals surface area (Å²) in [7, 11) is 0. The number of benzene rings is 2. The number of halogens is 2. The molecule has 0 radical (unpaired) electrons. The van der Waals surface area contributed by atoms with E-state index in [9.17, 15) is 4.79 Å². The number of rotatable bonds is 5. The SMILES string of the molecule is CCOc1ccc(/C=N/NC(=O)Nc2ccc(Br)cc2)cc1I. The Labute approximate surface area is 156 Å². The van der Waals surface area contributed by atoms with Gasteiger partial charge in [0.15, 0.2) is 0 Å². The third-order valence-corrected chi connectivity index (χ3v) is 4.11. The lowest BCUT2D eigenvalue weighted by atomic mass is 10.2. The fourth-order valence-corrected chi connectivity index (χ4v) is 2.69. The van der Waals surface area contributed by atoms with Crippen molar-refractivity contribution in [3.63, 3.8) is 0 Å². The Morgan fingerprint density at radius 1 is 1.30 bits per heavy atom. The molecule has 2 amide bonds. The van der Waals surface area contributed by atoms with Crippen LogP contribution in [0.3, 0.4) is 0 Å². The van der Waals surface area contributed by atoms with Gasteiger partial charge < -0.3 is 10.1 Å². The zero-order valence-corrected chi connectivity index (χ0v) is 16.1. The van der Waals surface area contributed by atoms with Crippen LogP contribution in [-0.4, -0.2) is 18.9 Å². The average Bonchev–Trinajstić information content (AvgIpc) is 2.52. The van der Waals surface area contributed by atoms with Crippen LogP contribution >= 0.6 is 38.5 Å². The first-order valence-corrected chi connectivity index (χ1v) is 8.73. The topological polar surface area (TPSA) is 62.7 Å². The van der Waals surface area contributed by atoms with Crippen LogP contribution in [0.4, 0.5) is 10.5 Å². The van der Waals surface area contributed by atoms with E-state index in [2.05, 4.69) is 54.4 Å². The molecule has 2 aromatic rings. The second-order valence-corrected chi connectivity index (χ2v) is 6.53. The van der Waals surface area contributed by atoms with Gasteiger partial charge in [-0.15, -0.1) is 0 Å². The van der Waals surface area contributed by atoms with Crippen molar-refractivity contribution < 1.29 is 9.53 Å². The fourth-order valence-electron chi connectivity index (χ4n) is 1.73. The number of hydrogen-bond donors (Lipinski definition) is 2. The zero-order valence-electron chi connectivity index (χ0n) is 12.3. The number of carbonyl (C=O) groups excluding carboxylic acids is 1. The summed E-state index contributed by atoms with van der Waals surface area (Å²) in [6.07, 6.45) is 1.58. The summed E-state index contributed by atoms with van der Waals surface area (Å²) < 4.78 is 7.42. The van der Waals surface area contributed by atoms with Crippen molar-refractivity contribution >= 4 is 56.5 Å².